The third-order valence-corrected chi connectivity index (χ3v) is 10.3. The third kappa shape index (κ3) is 4.19. The molecule has 10 heteroatoms. The summed E-state index contributed by atoms with van der Waals surface area (Å²) in [6, 6.07) is 4.06. The van der Waals surface area contributed by atoms with Gasteiger partial charge in [-0.05, 0) is 92.4 Å². The molecule has 0 spiro atoms. The fourth-order valence-electron chi connectivity index (χ4n) is 7.47. The second-order valence-electron chi connectivity index (χ2n) is 10.9. The molecule has 0 aromatic heterocycles. The Bertz CT molecular complexity index is 1090. The molecular weight excluding hydrogens is 459 g/mol. The Morgan fingerprint density at radius 2 is 1.88 bits per heavy atom. The Kier molecular flexibility index (Phi) is 5.87. The highest BCUT2D eigenvalue weighted by Crippen LogP contribution is 2.61. The highest BCUT2D eigenvalue weighted by Gasteiger charge is 2.56. The lowest BCUT2D eigenvalue weighted by Crippen LogP contribution is -2.61. The van der Waals surface area contributed by atoms with Crippen LogP contribution in [0.1, 0.15) is 50.5 Å². The molecule has 2 amide bonds. The normalized spacial score (nSPS) is 34.2. The average molecular weight is 493 g/mol. The molecule has 8 nitrogen and oxygen atoms in total. The van der Waals surface area contributed by atoms with Crippen LogP contribution >= 0.6 is 0 Å². The number of hydrogen-bond donors (Lipinski definition) is 2. The first-order valence-corrected chi connectivity index (χ1v) is 13.6. The summed E-state index contributed by atoms with van der Waals surface area (Å²) in [5, 5.41) is 3.16. The number of rotatable bonds is 6. The van der Waals surface area contributed by atoms with Crippen molar-refractivity contribution in [2.75, 3.05) is 23.9 Å². The highest BCUT2D eigenvalue weighted by molar-refractivity contribution is 7.90. The maximum atomic E-state index is 13.5. The summed E-state index contributed by atoms with van der Waals surface area (Å²) in [6.07, 6.45) is 5.93. The second kappa shape index (κ2) is 8.48. The van der Waals surface area contributed by atoms with E-state index in [-0.39, 0.29) is 36.4 Å². The zero-order chi connectivity index (χ0) is 24.3. The van der Waals surface area contributed by atoms with Crippen molar-refractivity contribution in [2.24, 2.45) is 28.9 Å². The molecule has 34 heavy (non-hydrogen) atoms. The van der Waals surface area contributed by atoms with Gasteiger partial charge in [0.05, 0.1) is 12.2 Å². The molecule has 3 N–H and O–H groups in total. The Morgan fingerprint density at radius 3 is 2.53 bits per heavy atom. The van der Waals surface area contributed by atoms with E-state index >= 15 is 0 Å². The Balaban J connectivity index is 1.26. The lowest BCUT2D eigenvalue weighted by atomic mass is 9.47. The van der Waals surface area contributed by atoms with Crippen LogP contribution in [0.3, 0.4) is 0 Å². The van der Waals surface area contributed by atoms with Crippen molar-refractivity contribution in [1.82, 2.24) is 9.62 Å². The van der Waals surface area contributed by atoms with Crippen LogP contribution in [-0.4, -0.2) is 50.2 Å². The SMILES string of the molecule is Cc1cc(F)ccc1N1CCCN(CC(=O)NC2C3CC4CC2CC(CC(N)=O)(C4)C3)S1(=O)=O. The molecule has 4 aliphatic carbocycles. The van der Waals surface area contributed by atoms with Crippen molar-refractivity contribution >= 4 is 27.7 Å². The van der Waals surface area contributed by atoms with E-state index in [2.05, 4.69) is 5.32 Å². The molecule has 4 saturated carbocycles. The van der Waals surface area contributed by atoms with Gasteiger partial charge in [0, 0.05) is 25.6 Å². The van der Waals surface area contributed by atoms with E-state index in [1.807, 2.05) is 0 Å². The van der Waals surface area contributed by atoms with E-state index in [0.717, 1.165) is 32.1 Å². The van der Waals surface area contributed by atoms with E-state index in [1.54, 1.807) is 6.92 Å². The largest absolute Gasteiger partial charge is 0.370 e. The van der Waals surface area contributed by atoms with Crippen LogP contribution in [0.15, 0.2) is 18.2 Å². The number of benzene rings is 1. The highest BCUT2D eigenvalue weighted by atomic mass is 32.2. The maximum Gasteiger partial charge on any atom is 0.304 e. The molecule has 2 atom stereocenters. The number of hydrogen-bond acceptors (Lipinski definition) is 4. The van der Waals surface area contributed by atoms with E-state index in [4.69, 9.17) is 5.73 Å². The van der Waals surface area contributed by atoms with Crippen LogP contribution in [0, 0.1) is 35.9 Å². The summed E-state index contributed by atoms with van der Waals surface area (Å²) in [7, 11) is -3.90. The molecule has 4 bridgehead atoms. The molecular formula is C24H33FN4O4S. The summed E-state index contributed by atoms with van der Waals surface area (Å²) in [5.41, 5.74) is 6.49. The lowest BCUT2D eigenvalue weighted by Gasteiger charge is -2.60. The summed E-state index contributed by atoms with van der Waals surface area (Å²) < 4.78 is 42.6. The van der Waals surface area contributed by atoms with Crippen LogP contribution in [0.5, 0.6) is 0 Å². The van der Waals surface area contributed by atoms with Crippen LogP contribution < -0.4 is 15.4 Å². The number of carbonyl (C=O) groups excluding carboxylic acids is 2. The zero-order valence-corrected chi connectivity index (χ0v) is 20.3. The first kappa shape index (κ1) is 23.5. The minimum atomic E-state index is -3.90. The molecule has 1 saturated heterocycles. The quantitative estimate of drug-likeness (QED) is 0.633. The number of nitrogens with one attached hydrogen (secondary N) is 1. The van der Waals surface area contributed by atoms with Crippen molar-refractivity contribution in [2.45, 2.75) is 57.9 Å². The Morgan fingerprint density at radius 1 is 1.18 bits per heavy atom. The molecule has 1 heterocycles. The number of amides is 2. The molecule has 1 aromatic rings. The smallest absolute Gasteiger partial charge is 0.304 e. The van der Waals surface area contributed by atoms with Gasteiger partial charge in [0.25, 0.3) is 0 Å². The monoisotopic (exact) mass is 492 g/mol. The van der Waals surface area contributed by atoms with Gasteiger partial charge in [-0.15, -0.1) is 0 Å². The predicted octanol–water partition coefficient (Wildman–Crippen LogP) is 2.08. The maximum absolute atomic E-state index is 13.5. The van der Waals surface area contributed by atoms with Gasteiger partial charge in [-0.25, -0.2) is 4.39 Å². The third-order valence-electron chi connectivity index (χ3n) is 8.40. The molecule has 1 aliphatic heterocycles. The molecule has 5 aliphatic rings. The van der Waals surface area contributed by atoms with Gasteiger partial charge in [-0.3, -0.25) is 13.9 Å². The summed E-state index contributed by atoms with van der Waals surface area (Å²) in [4.78, 5) is 24.7. The number of nitrogens with two attached hydrogens (primary N) is 1. The minimum Gasteiger partial charge on any atom is -0.370 e. The predicted molar refractivity (Wildman–Crippen MR) is 125 cm³/mol. The van der Waals surface area contributed by atoms with Crippen molar-refractivity contribution in [1.29, 1.82) is 0 Å². The van der Waals surface area contributed by atoms with Gasteiger partial charge in [0.2, 0.25) is 11.8 Å². The minimum absolute atomic E-state index is 0.0205. The topological polar surface area (TPSA) is 113 Å². The summed E-state index contributed by atoms with van der Waals surface area (Å²) >= 11 is 0. The number of halogens is 1. The summed E-state index contributed by atoms with van der Waals surface area (Å²) in [6.45, 7) is 2.01. The number of aryl methyl sites for hydroxylation is 1. The molecule has 2 unspecified atom stereocenters. The Labute approximate surface area is 200 Å². The van der Waals surface area contributed by atoms with Gasteiger partial charge < -0.3 is 11.1 Å². The van der Waals surface area contributed by atoms with E-state index in [1.165, 1.54) is 26.8 Å². The molecule has 186 valence electrons. The first-order valence-electron chi connectivity index (χ1n) is 12.2. The standard InChI is InChI=1S/C24H33FN4O4S/c1-15-7-19(25)3-4-20(15)29-6-2-5-28(34(29,32)33)14-22(31)27-23-17-8-16-9-18(23)12-24(10-16,11-17)13-21(26)30/h3-4,7,16-18,23H,2,5-6,8-14H2,1H3,(H2,26,30)(H,27,31). The van der Waals surface area contributed by atoms with Gasteiger partial charge >= 0.3 is 10.2 Å². The van der Waals surface area contributed by atoms with Gasteiger partial charge in [0.15, 0.2) is 0 Å². The van der Waals surface area contributed by atoms with E-state index in [9.17, 15) is 22.4 Å². The Hall–Kier alpha value is -2.20. The van der Waals surface area contributed by atoms with E-state index < -0.39 is 16.0 Å². The number of anilines is 1. The van der Waals surface area contributed by atoms with Crippen LogP contribution in [0.4, 0.5) is 10.1 Å². The zero-order valence-electron chi connectivity index (χ0n) is 19.5. The van der Waals surface area contributed by atoms with Gasteiger partial charge in [0.1, 0.15) is 5.82 Å². The van der Waals surface area contributed by atoms with Gasteiger partial charge in [-0.1, -0.05) is 0 Å². The van der Waals surface area contributed by atoms with Crippen LogP contribution in [0.25, 0.3) is 0 Å². The fraction of sp³-hybridized carbons (Fsp3) is 0.667. The second-order valence-corrected chi connectivity index (χ2v) is 12.8. The van der Waals surface area contributed by atoms with Crippen molar-refractivity contribution < 1.29 is 22.4 Å². The fourth-order valence-corrected chi connectivity index (χ4v) is 9.20. The molecule has 6 rings (SSSR count). The molecule has 1 aromatic carbocycles. The van der Waals surface area contributed by atoms with Crippen molar-refractivity contribution in [3.63, 3.8) is 0 Å². The molecule has 5 fully saturated rings. The molecule has 0 radical (unpaired) electrons. The van der Waals surface area contributed by atoms with Crippen LogP contribution in [-0.2, 0) is 19.8 Å². The van der Waals surface area contributed by atoms with Gasteiger partial charge in [-0.2, -0.15) is 12.7 Å². The van der Waals surface area contributed by atoms with Crippen molar-refractivity contribution in [3.8, 4) is 0 Å². The number of carbonyl (C=O) groups is 2. The number of primary amides is 1. The number of nitrogens with zero attached hydrogens (tertiary/aromatic N) is 2. The summed E-state index contributed by atoms with van der Waals surface area (Å²) in [5.74, 6) is 0.248. The average Bonchev–Trinajstić information content (AvgIpc) is 2.71. The van der Waals surface area contributed by atoms with E-state index in [0.29, 0.717) is 48.4 Å². The van der Waals surface area contributed by atoms with Crippen molar-refractivity contribution in [3.05, 3.63) is 29.6 Å². The lowest BCUT2D eigenvalue weighted by molar-refractivity contribution is -0.134. The van der Waals surface area contributed by atoms with Crippen LogP contribution in [0.2, 0.25) is 0 Å². The first-order chi connectivity index (χ1) is 16.1.